The number of carbonyl (C=O) groups is 2. The third-order valence-electron chi connectivity index (χ3n) is 4.65. The summed E-state index contributed by atoms with van der Waals surface area (Å²) < 4.78 is 1.28. The summed E-state index contributed by atoms with van der Waals surface area (Å²) in [4.78, 5) is 43.1. The molecule has 3 aromatic rings. The van der Waals surface area contributed by atoms with E-state index in [4.69, 9.17) is 11.6 Å². The second-order valence-electron chi connectivity index (χ2n) is 6.46. The summed E-state index contributed by atoms with van der Waals surface area (Å²) in [6.07, 6.45) is 2.70. The van der Waals surface area contributed by atoms with Gasteiger partial charge in [-0.05, 0) is 36.8 Å². The number of hydrogen-bond acceptors (Lipinski definition) is 4. The molecule has 1 aliphatic rings. The Hall–Kier alpha value is -2.99. The number of benzene rings is 2. The summed E-state index contributed by atoms with van der Waals surface area (Å²) >= 11 is 5.92. The summed E-state index contributed by atoms with van der Waals surface area (Å²) in [5, 5.41) is 0.905. The van der Waals surface area contributed by atoms with Gasteiger partial charge in [-0.2, -0.15) is 0 Å². The van der Waals surface area contributed by atoms with Crippen molar-refractivity contribution in [3.05, 3.63) is 69.7 Å². The zero-order chi connectivity index (χ0) is 19.0. The average Bonchev–Trinajstić information content (AvgIpc) is 3.10. The van der Waals surface area contributed by atoms with Gasteiger partial charge in [0.15, 0.2) is 5.78 Å². The average molecular weight is 382 g/mol. The van der Waals surface area contributed by atoms with Gasteiger partial charge in [-0.3, -0.25) is 19.0 Å². The van der Waals surface area contributed by atoms with Crippen LogP contribution in [-0.2, 0) is 11.3 Å². The number of aromatic nitrogens is 2. The van der Waals surface area contributed by atoms with Gasteiger partial charge in [0.2, 0.25) is 5.91 Å². The molecule has 0 spiro atoms. The van der Waals surface area contributed by atoms with Crippen molar-refractivity contribution in [2.75, 3.05) is 11.4 Å². The number of anilines is 1. The summed E-state index contributed by atoms with van der Waals surface area (Å²) in [6.45, 7) is 0.537. The van der Waals surface area contributed by atoms with Crippen LogP contribution in [0.2, 0.25) is 5.02 Å². The fraction of sp³-hybridized carbons (Fsp3) is 0.200. The summed E-state index contributed by atoms with van der Waals surface area (Å²) in [5.41, 5.74) is 1.36. The molecule has 4 rings (SSSR count). The van der Waals surface area contributed by atoms with Crippen LogP contribution < -0.4 is 10.5 Å². The summed E-state index contributed by atoms with van der Waals surface area (Å²) in [6, 6.07) is 11.8. The third kappa shape index (κ3) is 3.36. The SMILES string of the molecule is O=C(Cn1cnc2cc(Cl)ccc2c1=O)c1cccc(N2CCCC2=O)c1. The molecule has 0 unspecified atom stereocenters. The molecule has 0 atom stereocenters. The monoisotopic (exact) mass is 381 g/mol. The van der Waals surface area contributed by atoms with E-state index in [0.29, 0.717) is 40.1 Å². The van der Waals surface area contributed by atoms with Gasteiger partial charge in [-0.1, -0.05) is 23.7 Å². The van der Waals surface area contributed by atoms with Crippen LogP contribution in [0.1, 0.15) is 23.2 Å². The molecule has 0 aliphatic carbocycles. The quantitative estimate of drug-likeness (QED) is 0.651. The molecular weight excluding hydrogens is 366 g/mol. The third-order valence-corrected chi connectivity index (χ3v) is 4.89. The number of halogens is 1. The van der Waals surface area contributed by atoms with Crippen molar-refractivity contribution in [3.8, 4) is 0 Å². The molecule has 7 heteroatoms. The Morgan fingerprint density at radius 2 is 2.00 bits per heavy atom. The maximum atomic E-state index is 12.7. The Labute approximate surface area is 160 Å². The first-order chi connectivity index (χ1) is 13.0. The smallest absolute Gasteiger partial charge is 0.261 e. The van der Waals surface area contributed by atoms with E-state index in [1.165, 1.54) is 10.9 Å². The zero-order valence-corrected chi connectivity index (χ0v) is 15.1. The molecular formula is C20H16ClN3O3. The number of fused-ring (bicyclic) bond motifs is 1. The first kappa shape index (κ1) is 17.4. The van der Waals surface area contributed by atoms with Crippen molar-refractivity contribution in [1.82, 2.24) is 9.55 Å². The van der Waals surface area contributed by atoms with Gasteiger partial charge in [0.05, 0.1) is 23.8 Å². The minimum Gasteiger partial charge on any atom is -0.312 e. The zero-order valence-electron chi connectivity index (χ0n) is 14.4. The first-order valence-electron chi connectivity index (χ1n) is 8.61. The van der Waals surface area contributed by atoms with E-state index in [1.54, 1.807) is 41.3 Å². The highest BCUT2D eigenvalue weighted by Crippen LogP contribution is 2.22. The van der Waals surface area contributed by atoms with Crippen LogP contribution in [-0.4, -0.2) is 27.8 Å². The second kappa shape index (κ2) is 6.96. The Balaban J connectivity index is 1.62. The molecule has 0 bridgehead atoms. The highest BCUT2D eigenvalue weighted by Gasteiger charge is 2.22. The lowest BCUT2D eigenvalue weighted by Gasteiger charge is -2.16. The topological polar surface area (TPSA) is 72.3 Å². The van der Waals surface area contributed by atoms with Crippen molar-refractivity contribution < 1.29 is 9.59 Å². The molecule has 1 saturated heterocycles. The molecule has 2 aromatic carbocycles. The molecule has 1 fully saturated rings. The maximum Gasteiger partial charge on any atom is 0.261 e. The molecule has 6 nitrogen and oxygen atoms in total. The summed E-state index contributed by atoms with van der Waals surface area (Å²) in [5.74, 6) is -0.158. The molecule has 0 radical (unpaired) electrons. The van der Waals surface area contributed by atoms with Crippen LogP contribution in [0, 0.1) is 0 Å². The fourth-order valence-corrected chi connectivity index (χ4v) is 3.42. The first-order valence-corrected chi connectivity index (χ1v) is 8.99. The Bertz CT molecular complexity index is 1120. The minimum absolute atomic E-state index is 0.0632. The number of nitrogens with zero attached hydrogens (tertiary/aromatic N) is 3. The number of Topliss-reactive ketones (excluding diaryl/α,β-unsaturated/α-hetero) is 1. The van der Waals surface area contributed by atoms with Crippen LogP contribution in [0.3, 0.4) is 0 Å². The van der Waals surface area contributed by atoms with E-state index in [0.717, 1.165) is 6.42 Å². The predicted molar refractivity (Wildman–Crippen MR) is 103 cm³/mol. The lowest BCUT2D eigenvalue weighted by Crippen LogP contribution is -2.26. The molecule has 2 heterocycles. The van der Waals surface area contributed by atoms with Crippen LogP contribution in [0.25, 0.3) is 10.9 Å². The maximum absolute atomic E-state index is 12.7. The Kier molecular flexibility index (Phi) is 4.49. The molecule has 0 saturated carbocycles. The molecule has 136 valence electrons. The lowest BCUT2D eigenvalue weighted by molar-refractivity contribution is -0.117. The van der Waals surface area contributed by atoms with Gasteiger partial charge < -0.3 is 4.90 Å². The molecule has 27 heavy (non-hydrogen) atoms. The van der Waals surface area contributed by atoms with E-state index in [1.807, 2.05) is 6.07 Å². The lowest BCUT2D eigenvalue weighted by atomic mass is 10.1. The minimum atomic E-state index is -0.295. The summed E-state index contributed by atoms with van der Waals surface area (Å²) in [7, 11) is 0. The van der Waals surface area contributed by atoms with Crippen molar-refractivity contribution in [2.45, 2.75) is 19.4 Å². The van der Waals surface area contributed by atoms with Crippen molar-refractivity contribution in [2.24, 2.45) is 0 Å². The van der Waals surface area contributed by atoms with Crippen molar-refractivity contribution in [3.63, 3.8) is 0 Å². The van der Waals surface area contributed by atoms with E-state index < -0.39 is 0 Å². The Morgan fingerprint density at radius 3 is 2.78 bits per heavy atom. The van der Waals surface area contributed by atoms with Crippen LogP contribution in [0.5, 0.6) is 0 Å². The van der Waals surface area contributed by atoms with Crippen LogP contribution in [0.15, 0.2) is 53.6 Å². The number of carbonyl (C=O) groups excluding carboxylic acids is 2. The van der Waals surface area contributed by atoms with Gasteiger partial charge in [0.1, 0.15) is 0 Å². The standard InChI is InChI=1S/C20H16ClN3O3/c21-14-6-7-16-17(10-14)22-12-23(20(16)27)11-18(25)13-3-1-4-15(9-13)24-8-2-5-19(24)26/h1,3-4,6-7,9-10,12H,2,5,8,11H2. The molecule has 1 amide bonds. The van der Waals surface area contributed by atoms with E-state index >= 15 is 0 Å². The molecule has 0 N–H and O–H groups in total. The van der Waals surface area contributed by atoms with Gasteiger partial charge in [0, 0.05) is 29.2 Å². The van der Waals surface area contributed by atoms with E-state index in [2.05, 4.69) is 4.98 Å². The molecule has 1 aromatic heterocycles. The predicted octanol–water partition coefficient (Wildman–Crippen LogP) is 3.06. The normalized spacial score (nSPS) is 14.1. The number of hydrogen-bond donors (Lipinski definition) is 0. The van der Waals surface area contributed by atoms with Gasteiger partial charge in [0.25, 0.3) is 5.56 Å². The fourth-order valence-electron chi connectivity index (χ4n) is 3.26. The number of amides is 1. The van der Waals surface area contributed by atoms with Gasteiger partial charge >= 0.3 is 0 Å². The van der Waals surface area contributed by atoms with Crippen molar-refractivity contribution >= 4 is 39.9 Å². The van der Waals surface area contributed by atoms with E-state index in [-0.39, 0.29) is 23.8 Å². The van der Waals surface area contributed by atoms with Crippen LogP contribution in [0.4, 0.5) is 5.69 Å². The second-order valence-corrected chi connectivity index (χ2v) is 6.90. The van der Waals surface area contributed by atoms with Crippen LogP contribution >= 0.6 is 11.6 Å². The largest absolute Gasteiger partial charge is 0.312 e. The number of rotatable bonds is 4. The Morgan fingerprint density at radius 1 is 1.15 bits per heavy atom. The number of ketones is 1. The highest BCUT2D eigenvalue weighted by atomic mass is 35.5. The van der Waals surface area contributed by atoms with Gasteiger partial charge in [-0.25, -0.2) is 4.98 Å². The molecule has 1 aliphatic heterocycles. The van der Waals surface area contributed by atoms with Gasteiger partial charge in [-0.15, -0.1) is 0 Å². The van der Waals surface area contributed by atoms with E-state index in [9.17, 15) is 14.4 Å². The van der Waals surface area contributed by atoms with Crippen molar-refractivity contribution in [1.29, 1.82) is 0 Å². The highest BCUT2D eigenvalue weighted by molar-refractivity contribution is 6.31.